The topological polar surface area (TPSA) is 64.7 Å². The van der Waals surface area contributed by atoms with Crippen LogP contribution in [0.3, 0.4) is 0 Å². The Morgan fingerprint density at radius 3 is 2.26 bits per heavy atom. The smallest absolute Gasteiger partial charge is 0.149 e. The Morgan fingerprint density at radius 1 is 1.22 bits per heavy atom. The molecule has 0 heterocycles. The lowest BCUT2D eigenvalue weighted by Gasteiger charge is -2.10. The van der Waals surface area contributed by atoms with Gasteiger partial charge < -0.3 is 10.6 Å². The highest BCUT2D eigenvalue weighted by atomic mass is 16.6. The van der Waals surface area contributed by atoms with Crippen molar-refractivity contribution >= 4 is 11.5 Å². The monoisotopic (exact) mass is 320 g/mol. The second-order valence-electron chi connectivity index (χ2n) is 5.33. The predicted octanol–water partition coefficient (Wildman–Crippen LogP) is 4.10. The molecule has 0 aliphatic rings. The number of benzene rings is 1. The third-order valence-electron chi connectivity index (χ3n) is 3.53. The number of ketones is 1. The highest BCUT2D eigenvalue weighted by Crippen LogP contribution is 2.09. The predicted molar refractivity (Wildman–Crippen MR) is 97.8 cm³/mol. The maximum Gasteiger partial charge on any atom is 0.149 e. The number of rotatable bonds is 8. The molecule has 0 saturated heterocycles. The molecule has 1 rings (SSSR count). The first kappa shape index (κ1) is 21.3. The largest absolute Gasteiger partial charge is 0.393 e. The Morgan fingerprint density at radius 2 is 1.78 bits per heavy atom. The molecule has 2 N–H and O–H groups in total. The fourth-order valence-electron chi connectivity index (χ4n) is 1.81. The summed E-state index contributed by atoms with van der Waals surface area (Å²) >= 11 is 0. The van der Waals surface area contributed by atoms with Crippen LogP contribution in [0.1, 0.15) is 65.5 Å². The van der Waals surface area contributed by atoms with Crippen molar-refractivity contribution < 1.29 is 9.63 Å². The first-order valence-electron chi connectivity index (χ1n) is 8.55. The molecule has 1 aromatic rings. The Balaban J connectivity index is 0.00000232. The van der Waals surface area contributed by atoms with E-state index in [1.165, 1.54) is 0 Å². The molecule has 0 amide bonds. The van der Waals surface area contributed by atoms with E-state index in [4.69, 9.17) is 10.6 Å². The molecule has 0 aliphatic heterocycles. The number of nitrogens with zero attached hydrogens (tertiary/aromatic N) is 1. The van der Waals surface area contributed by atoms with E-state index < -0.39 is 6.04 Å². The van der Waals surface area contributed by atoms with Gasteiger partial charge in [0.05, 0.1) is 11.8 Å². The van der Waals surface area contributed by atoms with E-state index in [9.17, 15) is 4.79 Å². The molecule has 2 unspecified atom stereocenters. The van der Waals surface area contributed by atoms with Crippen LogP contribution in [0.2, 0.25) is 0 Å². The van der Waals surface area contributed by atoms with Crippen LogP contribution in [-0.2, 0) is 16.1 Å². The number of Topliss-reactive ketones (excluding diaryl/α,β-unsaturated/α-hetero) is 1. The summed E-state index contributed by atoms with van der Waals surface area (Å²) in [7, 11) is 0. The van der Waals surface area contributed by atoms with Crippen molar-refractivity contribution in [1.82, 2.24) is 0 Å². The van der Waals surface area contributed by atoms with Gasteiger partial charge in [-0.2, -0.15) is 0 Å². The van der Waals surface area contributed by atoms with E-state index in [1.807, 2.05) is 58.9 Å². The first-order chi connectivity index (χ1) is 11.0. The van der Waals surface area contributed by atoms with Crippen molar-refractivity contribution in [2.75, 3.05) is 0 Å². The van der Waals surface area contributed by atoms with Crippen LogP contribution in [0.5, 0.6) is 0 Å². The average molecular weight is 320 g/mol. The van der Waals surface area contributed by atoms with Gasteiger partial charge in [0.25, 0.3) is 0 Å². The van der Waals surface area contributed by atoms with Crippen molar-refractivity contribution in [1.29, 1.82) is 0 Å². The van der Waals surface area contributed by atoms with Crippen molar-refractivity contribution in [3.05, 3.63) is 35.4 Å². The molecule has 23 heavy (non-hydrogen) atoms. The fraction of sp³-hybridized carbons (Fsp3) is 0.579. The van der Waals surface area contributed by atoms with E-state index in [-0.39, 0.29) is 11.9 Å². The molecule has 0 saturated carbocycles. The fourth-order valence-corrected chi connectivity index (χ4v) is 1.81. The molecule has 130 valence electrons. The Hall–Kier alpha value is -1.68. The van der Waals surface area contributed by atoms with Crippen molar-refractivity contribution in [2.24, 2.45) is 10.9 Å². The van der Waals surface area contributed by atoms with Crippen LogP contribution in [0.25, 0.3) is 0 Å². The minimum Gasteiger partial charge on any atom is -0.393 e. The molecule has 0 spiro atoms. The van der Waals surface area contributed by atoms with Gasteiger partial charge in [0.2, 0.25) is 0 Å². The van der Waals surface area contributed by atoms with Gasteiger partial charge >= 0.3 is 0 Å². The number of hydrogen-bond donors (Lipinski definition) is 1. The highest BCUT2D eigenvalue weighted by molar-refractivity contribution is 5.98. The highest BCUT2D eigenvalue weighted by Gasteiger charge is 2.11. The van der Waals surface area contributed by atoms with E-state index in [0.717, 1.165) is 23.3 Å². The van der Waals surface area contributed by atoms with Gasteiger partial charge in [-0.25, -0.2) is 0 Å². The third-order valence-corrected chi connectivity index (χ3v) is 3.53. The van der Waals surface area contributed by atoms with E-state index in [0.29, 0.717) is 12.8 Å². The van der Waals surface area contributed by atoms with Crippen LogP contribution >= 0.6 is 0 Å². The van der Waals surface area contributed by atoms with Crippen LogP contribution in [-0.4, -0.2) is 23.6 Å². The molecule has 4 nitrogen and oxygen atoms in total. The minimum atomic E-state index is -0.413. The third kappa shape index (κ3) is 7.93. The summed E-state index contributed by atoms with van der Waals surface area (Å²) in [6, 6.07) is 7.53. The van der Waals surface area contributed by atoms with Crippen molar-refractivity contribution in [2.45, 2.75) is 73.0 Å². The van der Waals surface area contributed by atoms with Crippen LogP contribution < -0.4 is 5.73 Å². The first-order valence-corrected chi connectivity index (χ1v) is 8.55. The lowest BCUT2D eigenvalue weighted by atomic mass is 10.00. The number of oxime groups is 1. The molecule has 0 bridgehead atoms. The summed E-state index contributed by atoms with van der Waals surface area (Å²) in [6.07, 6.45) is 2.11. The average Bonchev–Trinajstić information content (AvgIpc) is 2.60. The summed E-state index contributed by atoms with van der Waals surface area (Å²) in [5.74, 6) is 0.0961. The summed E-state index contributed by atoms with van der Waals surface area (Å²) in [4.78, 5) is 16.9. The van der Waals surface area contributed by atoms with E-state index >= 15 is 0 Å². The van der Waals surface area contributed by atoms with Crippen LogP contribution in [0.15, 0.2) is 29.4 Å². The van der Waals surface area contributed by atoms with Gasteiger partial charge in [0.1, 0.15) is 11.9 Å². The molecule has 0 radical (unpaired) electrons. The van der Waals surface area contributed by atoms with E-state index in [2.05, 4.69) is 12.1 Å². The lowest BCUT2D eigenvalue weighted by molar-refractivity contribution is -0.119. The summed E-state index contributed by atoms with van der Waals surface area (Å²) in [5.41, 5.74) is 8.77. The molecular formula is C19H32N2O2. The lowest BCUT2D eigenvalue weighted by Crippen LogP contribution is -2.32. The number of carbonyl (C=O) groups excluding carboxylic acids is 1. The minimum absolute atomic E-state index is 0.0961. The normalized spacial score (nSPS) is 13.6. The van der Waals surface area contributed by atoms with Crippen molar-refractivity contribution in [3.63, 3.8) is 0 Å². The zero-order valence-electron chi connectivity index (χ0n) is 15.4. The summed E-state index contributed by atoms with van der Waals surface area (Å²) in [6.45, 7) is 11.8. The number of nitrogens with two attached hydrogens (primary N) is 1. The van der Waals surface area contributed by atoms with Gasteiger partial charge in [-0.3, -0.25) is 4.79 Å². The van der Waals surface area contributed by atoms with Crippen LogP contribution in [0.4, 0.5) is 0 Å². The molecule has 0 aliphatic carbocycles. The Bertz CT molecular complexity index is 481. The zero-order valence-corrected chi connectivity index (χ0v) is 15.4. The standard InChI is InChI=1S/C17H26N2O2.C2H6/c1-5-12(3)21-19-13(4)15-9-7-14(8-10-15)11-16(18)17(20)6-2;1-2/h7-10,12,16H,5-6,11,18H2,1-4H3;1-2H3/b19-13-;. The van der Waals surface area contributed by atoms with Gasteiger partial charge in [-0.15, -0.1) is 0 Å². The van der Waals surface area contributed by atoms with Gasteiger partial charge in [0.15, 0.2) is 0 Å². The van der Waals surface area contributed by atoms with Crippen LogP contribution in [0, 0.1) is 0 Å². The summed E-state index contributed by atoms with van der Waals surface area (Å²) in [5, 5.41) is 4.14. The molecule has 1 aromatic carbocycles. The zero-order chi connectivity index (χ0) is 17.8. The second kappa shape index (κ2) is 11.8. The molecular weight excluding hydrogens is 288 g/mol. The van der Waals surface area contributed by atoms with Gasteiger partial charge in [-0.05, 0) is 37.8 Å². The summed E-state index contributed by atoms with van der Waals surface area (Å²) < 4.78 is 0. The van der Waals surface area contributed by atoms with Crippen molar-refractivity contribution in [3.8, 4) is 0 Å². The number of hydrogen-bond acceptors (Lipinski definition) is 4. The molecule has 0 aromatic heterocycles. The van der Waals surface area contributed by atoms with Gasteiger partial charge in [-0.1, -0.05) is 57.1 Å². The Labute approximate surface area is 141 Å². The molecule has 4 heteroatoms. The maximum atomic E-state index is 11.5. The van der Waals surface area contributed by atoms with E-state index in [1.54, 1.807) is 0 Å². The maximum absolute atomic E-state index is 11.5. The quantitative estimate of drug-likeness (QED) is 0.579. The molecule has 0 fully saturated rings. The molecule has 2 atom stereocenters. The SMILES string of the molecule is CC.CCC(=O)C(N)Cc1ccc(/C(C)=N\OC(C)CC)cc1. The van der Waals surface area contributed by atoms with Gasteiger partial charge in [0, 0.05) is 6.42 Å². The Kier molecular flexibility index (Phi) is 11.0. The second-order valence-corrected chi connectivity index (χ2v) is 5.33. The number of carbonyl (C=O) groups is 1.